The van der Waals surface area contributed by atoms with E-state index in [1.165, 1.54) is 0 Å². The zero-order valence-electron chi connectivity index (χ0n) is 8.47. The minimum Gasteiger partial charge on any atom is -0.264 e. The molecule has 16 heavy (non-hydrogen) atoms. The largest absolute Gasteiger partial charge is 0.264 e. The van der Waals surface area contributed by atoms with Crippen molar-refractivity contribution in [3.63, 3.8) is 0 Å². The van der Waals surface area contributed by atoms with Crippen molar-refractivity contribution in [2.45, 2.75) is 5.92 Å². The SMILES string of the molecule is N#CC(c1cccnc1)c1ccccc1Cl. The number of halogens is 1. The monoisotopic (exact) mass is 228 g/mol. The Kier molecular flexibility index (Phi) is 3.19. The molecule has 0 aliphatic rings. The van der Waals surface area contributed by atoms with E-state index >= 15 is 0 Å². The van der Waals surface area contributed by atoms with Gasteiger partial charge < -0.3 is 0 Å². The van der Waals surface area contributed by atoms with Crippen molar-refractivity contribution in [3.8, 4) is 6.07 Å². The lowest BCUT2D eigenvalue weighted by Gasteiger charge is -2.10. The topological polar surface area (TPSA) is 36.7 Å². The molecule has 0 aliphatic heterocycles. The van der Waals surface area contributed by atoms with Crippen molar-refractivity contribution >= 4 is 11.6 Å². The van der Waals surface area contributed by atoms with Crippen LogP contribution in [0.5, 0.6) is 0 Å². The first-order valence-corrected chi connectivity index (χ1v) is 5.24. The summed E-state index contributed by atoms with van der Waals surface area (Å²) in [6.07, 6.45) is 3.38. The minimum atomic E-state index is -0.359. The summed E-state index contributed by atoms with van der Waals surface area (Å²) >= 11 is 6.08. The van der Waals surface area contributed by atoms with Gasteiger partial charge in [-0.2, -0.15) is 5.26 Å². The Balaban J connectivity index is 2.47. The molecule has 1 heterocycles. The molecule has 0 fully saturated rings. The molecule has 0 saturated carbocycles. The van der Waals surface area contributed by atoms with E-state index in [1.54, 1.807) is 18.5 Å². The minimum absolute atomic E-state index is 0.359. The summed E-state index contributed by atoms with van der Waals surface area (Å²) in [6.45, 7) is 0. The Morgan fingerprint density at radius 2 is 2.00 bits per heavy atom. The number of benzene rings is 1. The highest BCUT2D eigenvalue weighted by atomic mass is 35.5. The number of hydrogen-bond donors (Lipinski definition) is 0. The van der Waals surface area contributed by atoms with E-state index in [0.29, 0.717) is 5.02 Å². The Morgan fingerprint density at radius 3 is 2.62 bits per heavy atom. The van der Waals surface area contributed by atoms with Gasteiger partial charge in [-0.05, 0) is 23.3 Å². The van der Waals surface area contributed by atoms with Crippen LogP contribution in [-0.2, 0) is 0 Å². The van der Waals surface area contributed by atoms with Gasteiger partial charge >= 0.3 is 0 Å². The van der Waals surface area contributed by atoms with E-state index in [9.17, 15) is 5.26 Å². The first kappa shape index (κ1) is 10.7. The fraction of sp³-hybridized carbons (Fsp3) is 0.0769. The zero-order valence-corrected chi connectivity index (χ0v) is 9.22. The number of pyridine rings is 1. The van der Waals surface area contributed by atoms with Crippen LogP contribution in [0.25, 0.3) is 0 Å². The molecule has 0 saturated heterocycles. The Labute approximate surface area is 99.1 Å². The molecule has 2 aromatic rings. The van der Waals surface area contributed by atoms with Gasteiger partial charge in [0.05, 0.1) is 12.0 Å². The van der Waals surface area contributed by atoms with Gasteiger partial charge in [-0.3, -0.25) is 4.98 Å². The van der Waals surface area contributed by atoms with Crippen LogP contribution in [-0.4, -0.2) is 4.98 Å². The highest BCUT2D eigenvalue weighted by molar-refractivity contribution is 6.31. The van der Waals surface area contributed by atoms with E-state index in [4.69, 9.17) is 11.6 Å². The quantitative estimate of drug-likeness (QED) is 0.790. The normalized spacial score (nSPS) is 11.8. The van der Waals surface area contributed by atoms with Crippen LogP contribution < -0.4 is 0 Å². The molecule has 0 aliphatic carbocycles. The van der Waals surface area contributed by atoms with E-state index < -0.39 is 0 Å². The molecule has 2 nitrogen and oxygen atoms in total. The van der Waals surface area contributed by atoms with Crippen LogP contribution in [0.3, 0.4) is 0 Å². The Morgan fingerprint density at radius 1 is 1.19 bits per heavy atom. The molecular formula is C13H9ClN2. The summed E-state index contributed by atoms with van der Waals surface area (Å²) in [6, 6.07) is 13.3. The van der Waals surface area contributed by atoms with Crippen molar-refractivity contribution in [3.05, 3.63) is 64.9 Å². The average molecular weight is 229 g/mol. The van der Waals surface area contributed by atoms with Gasteiger partial charge in [-0.1, -0.05) is 35.9 Å². The first-order chi connectivity index (χ1) is 7.83. The van der Waals surface area contributed by atoms with Crippen LogP contribution in [0, 0.1) is 11.3 Å². The summed E-state index contributed by atoms with van der Waals surface area (Å²) in [7, 11) is 0. The van der Waals surface area contributed by atoms with Gasteiger partial charge in [-0.15, -0.1) is 0 Å². The molecule has 78 valence electrons. The van der Waals surface area contributed by atoms with Gasteiger partial charge in [0.25, 0.3) is 0 Å². The fourth-order valence-electron chi connectivity index (χ4n) is 1.58. The second kappa shape index (κ2) is 4.78. The molecule has 2 rings (SSSR count). The summed E-state index contributed by atoms with van der Waals surface area (Å²) in [4.78, 5) is 4.01. The van der Waals surface area contributed by atoms with Gasteiger partial charge in [0.2, 0.25) is 0 Å². The van der Waals surface area contributed by atoms with Crippen molar-refractivity contribution in [1.82, 2.24) is 4.98 Å². The van der Waals surface area contributed by atoms with Crippen LogP contribution in [0.4, 0.5) is 0 Å². The number of rotatable bonds is 2. The highest BCUT2D eigenvalue weighted by Crippen LogP contribution is 2.28. The lowest BCUT2D eigenvalue weighted by atomic mass is 9.94. The van der Waals surface area contributed by atoms with Crippen LogP contribution in [0.2, 0.25) is 5.02 Å². The number of nitriles is 1. The second-order valence-corrected chi connectivity index (χ2v) is 3.78. The van der Waals surface area contributed by atoms with E-state index in [-0.39, 0.29) is 5.92 Å². The molecule has 0 spiro atoms. The van der Waals surface area contributed by atoms with E-state index in [0.717, 1.165) is 11.1 Å². The van der Waals surface area contributed by atoms with Gasteiger partial charge in [0.1, 0.15) is 0 Å². The number of nitrogens with zero attached hydrogens (tertiary/aromatic N) is 2. The molecule has 0 radical (unpaired) electrons. The van der Waals surface area contributed by atoms with Gasteiger partial charge in [0, 0.05) is 17.4 Å². The number of hydrogen-bond acceptors (Lipinski definition) is 2. The molecule has 3 heteroatoms. The van der Waals surface area contributed by atoms with E-state index in [2.05, 4.69) is 11.1 Å². The van der Waals surface area contributed by atoms with Gasteiger partial charge in [0.15, 0.2) is 0 Å². The predicted octanol–water partition coefficient (Wildman–Crippen LogP) is 3.39. The molecule has 1 atom stereocenters. The number of aromatic nitrogens is 1. The van der Waals surface area contributed by atoms with Crippen molar-refractivity contribution < 1.29 is 0 Å². The summed E-state index contributed by atoms with van der Waals surface area (Å²) in [5, 5.41) is 9.83. The standard InChI is InChI=1S/C13H9ClN2/c14-13-6-2-1-5-11(13)12(8-15)10-4-3-7-16-9-10/h1-7,9,12H. The third-order valence-electron chi connectivity index (χ3n) is 2.36. The fourth-order valence-corrected chi connectivity index (χ4v) is 1.82. The maximum Gasteiger partial charge on any atom is 0.0991 e. The lowest BCUT2D eigenvalue weighted by Crippen LogP contribution is -1.99. The van der Waals surface area contributed by atoms with Crippen LogP contribution in [0.1, 0.15) is 17.0 Å². The molecule has 0 amide bonds. The molecule has 1 aromatic carbocycles. The zero-order chi connectivity index (χ0) is 11.4. The van der Waals surface area contributed by atoms with Crippen LogP contribution >= 0.6 is 11.6 Å². The summed E-state index contributed by atoms with van der Waals surface area (Å²) < 4.78 is 0. The first-order valence-electron chi connectivity index (χ1n) is 4.87. The molecule has 1 aromatic heterocycles. The maximum atomic E-state index is 9.22. The second-order valence-electron chi connectivity index (χ2n) is 3.37. The van der Waals surface area contributed by atoms with Crippen molar-refractivity contribution in [1.29, 1.82) is 5.26 Å². The highest BCUT2D eigenvalue weighted by Gasteiger charge is 2.15. The third kappa shape index (κ3) is 2.05. The molecule has 0 bridgehead atoms. The molecular weight excluding hydrogens is 220 g/mol. The maximum absolute atomic E-state index is 9.22. The Bertz CT molecular complexity index is 517. The molecule has 0 N–H and O–H groups in total. The summed E-state index contributed by atoms with van der Waals surface area (Å²) in [5.41, 5.74) is 1.68. The molecule has 1 unspecified atom stereocenters. The van der Waals surface area contributed by atoms with E-state index in [1.807, 2.05) is 30.3 Å². The third-order valence-corrected chi connectivity index (χ3v) is 2.71. The Hall–Kier alpha value is -1.85. The lowest BCUT2D eigenvalue weighted by molar-refractivity contribution is 1.02. The summed E-state index contributed by atoms with van der Waals surface area (Å²) in [5.74, 6) is -0.359. The van der Waals surface area contributed by atoms with Crippen molar-refractivity contribution in [2.75, 3.05) is 0 Å². The average Bonchev–Trinajstić information content (AvgIpc) is 2.34. The smallest absolute Gasteiger partial charge is 0.0991 e. The van der Waals surface area contributed by atoms with Gasteiger partial charge in [-0.25, -0.2) is 0 Å². The van der Waals surface area contributed by atoms with Crippen LogP contribution in [0.15, 0.2) is 48.8 Å². The predicted molar refractivity (Wildman–Crippen MR) is 63.1 cm³/mol. The van der Waals surface area contributed by atoms with Crippen molar-refractivity contribution in [2.24, 2.45) is 0 Å².